The summed E-state index contributed by atoms with van der Waals surface area (Å²) in [6.45, 7) is 3.83. The van der Waals surface area contributed by atoms with Crippen LogP contribution < -0.4 is 10.9 Å². The van der Waals surface area contributed by atoms with E-state index in [2.05, 4.69) is 20.4 Å². The monoisotopic (exact) mass is 394 g/mol. The van der Waals surface area contributed by atoms with Gasteiger partial charge in [-0.3, -0.25) is 9.59 Å². The average Bonchev–Trinajstić information content (AvgIpc) is 3.20. The Hall–Kier alpha value is -3.00. The average molecular weight is 394 g/mol. The summed E-state index contributed by atoms with van der Waals surface area (Å²) in [6.07, 6.45) is 6.24. The van der Waals surface area contributed by atoms with Crippen molar-refractivity contribution in [2.24, 2.45) is 0 Å². The van der Waals surface area contributed by atoms with Crippen LogP contribution in [0, 0.1) is 0 Å². The highest BCUT2D eigenvalue weighted by Gasteiger charge is 2.13. The van der Waals surface area contributed by atoms with Gasteiger partial charge in [0.05, 0.1) is 5.69 Å². The summed E-state index contributed by atoms with van der Waals surface area (Å²) in [4.78, 5) is 27.4. The SMILES string of the molecule is O=C(Cn1ncn2nc(-c3ccccc3)cc2c1=O)NCCCN1CCCCC1. The first kappa shape index (κ1) is 19.3. The lowest BCUT2D eigenvalue weighted by Crippen LogP contribution is -2.36. The number of aromatic nitrogens is 4. The molecule has 1 N–H and O–H groups in total. The molecule has 3 heterocycles. The molecule has 4 rings (SSSR count). The smallest absolute Gasteiger partial charge is 0.293 e. The molecule has 8 heteroatoms. The van der Waals surface area contributed by atoms with E-state index in [9.17, 15) is 9.59 Å². The van der Waals surface area contributed by atoms with Crippen molar-refractivity contribution in [3.05, 3.63) is 53.1 Å². The van der Waals surface area contributed by atoms with E-state index < -0.39 is 0 Å². The first-order valence-corrected chi connectivity index (χ1v) is 10.2. The number of carbonyl (C=O) groups excluding carboxylic acids is 1. The highest BCUT2D eigenvalue weighted by molar-refractivity contribution is 5.75. The van der Waals surface area contributed by atoms with Gasteiger partial charge in [0, 0.05) is 12.1 Å². The molecule has 0 unspecified atom stereocenters. The predicted octanol–water partition coefficient (Wildman–Crippen LogP) is 1.55. The second-order valence-corrected chi connectivity index (χ2v) is 7.42. The molecule has 1 aliphatic heterocycles. The van der Waals surface area contributed by atoms with Crippen LogP contribution in [0.3, 0.4) is 0 Å². The van der Waals surface area contributed by atoms with Crippen molar-refractivity contribution in [3.63, 3.8) is 0 Å². The van der Waals surface area contributed by atoms with Crippen molar-refractivity contribution in [2.45, 2.75) is 32.2 Å². The molecular weight excluding hydrogens is 368 g/mol. The van der Waals surface area contributed by atoms with E-state index in [1.165, 1.54) is 34.8 Å². The van der Waals surface area contributed by atoms with Gasteiger partial charge in [0.1, 0.15) is 18.4 Å². The Morgan fingerprint density at radius 1 is 1.10 bits per heavy atom. The number of carbonyl (C=O) groups is 1. The molecule has 29 heavy (non-hydrogen) atoms. The van der Waals surface area contributed by atoms with Crippen LogP contribution in [0.25, 0.3) is 16.8 Å². The molecule has 1 fully saturated rings. The largest absolute Gasteiger partial charge is 0.354 e. The molecule has 0 saturated carbocycles. The number of amides is 1. The number of benzene rings is 1. The van der Waals surface area contributed by atoms with Gasteiger partial charge in [-0.15, -0.1) is 0 Å². The Balaban J connectivity index is 1.35. The number of piperidine rings is 1. The summed E-state index contributed by atoms with van der Waals surface area (Å²) in [5, 5.41) is 11.4. The van der Waals surface area contributed by atoms with Gasteiger partial charge in [-0.05, 0) is 45.0 Å². The quantitative estimate of drug-likeness (QED) is 0.615. The highest BCUT2D eigenvalue weighted by Crippen LogP contribution is 2.17. The van der Waals surface area contributed by atoms with Crippen LogP contribution in [0.15, 0.2) is 47.5 Å². The van der Waals surface area contributed by atoms with Gasteiger partial charge in [-0.2, -0.15) is 10.2 Å². The number of likely N-dealkylation sites (tertiary alicyclic amines) is 1. The Bertz CT molecular complexity index is 1020. The molecule has 1 aromatic carbocycles. The van der Waals surface area contributed by atoms with E-state index in [0.717, 1.165) is 31.6 Å². The molecule has 8 nitrogen and oxygen atoms in total. The van der Waals surface area contributed by atoms with E-state index in [1.807, 2.05) is 30.3 Å². The maximum absolute atomic E-state index is 12.7. The molecule has 0 radical (unpaired) electrons. The topological polar surface area (TPSA) is 84.5 Å². The standard InChI is InChI=1S/C21H26N6O2/c28-20(22-10-7-13-25-11-5-2-6-12-25)15-26-21(29)19-14-18(24-27(19)16-23-26)17-8-3-1-4-9-17/h1,3-4,8-9,14,16H,2,5-7,10-13,15H2,(H,22,28). The molecule has 0 spiro atoms. The summed E-state index contributed by atoms with van der Waals surface area (Å²) in [6, 6.07) is 11.4. The molecular formula is C21H26N6O2. The van der Waals surface area contributed by atoms with E-state index >= 15 is 0 Å². The van der Waals surface area contributed by atoms with Gasteiger partial charge in [-0.25, -0.2) is 9.20 Å². The number of rotatable bonds is 7. The third kappa shape index (κ3) is 4.71. The second-order valence-electron chi connectivity index (χ2n) is 7.42. The maximum atomic E-state index is 12.7. The van der Waals surface area contributed by atoms with Crippen LogP contribution in [0.1, 0.15) is 25.7 Å². The number of hydrogen-bond acceptors (Lipinski definition) is 5. The number of nitrogens with one attached hydrogen (secondary N) is 1. The van der Waals surface area contributed by atoms with Gasteiger partial charge >= 0.3 is 0 Å². The van der Waals surface area contributed by atoms with Crippen LogP contribution in [0.2, 0.25) is 0 Å². The third-order valence-corrected chi connectivity index (χ3v) is 5.27. The number of hydrogen-bond donors (Lipinski definition) is 1. The zero-order valence-electron chi connectivity index (χ0n) is 16.5. The molecule has 2 aromatic heterocycles. The van der Waals surface area contributed by atoms with Crippen molar-refractivity contribution in [1.29, 1.82) is 0 Å². The van der Waals surface area contributed by atoms with Crippen LogP contribution in [0.4, 0.5) is 0 Å². The normalized spacial score (nSPS) is 14.9. The molecule has 1 saturated heterocycles. The molecule has 3 aromatic rings. The predicted molar refractivity (Wildman–Crippen MR) is 111 cm³/mol. The van der Waals surface area contributed by atoms with Crippen LogP contribution >= 0.6 is 0 Å². The summed E-state index contributed by atoms with van der Waals surface area (Å²) >= 11 is 0. The van der Waals surface area contributed by atoms with E-state index in [-0.39, 0.29) is 18.0 Å². The molecule has 0 atom stereocenters. The van der Waals surface area contributed by atoms with Gasteiger partial charge in [0.2, 0.25) is 5.91 Å². The third-order valence-electron chi connectivity index (χ3n) is 5.27. The minimum Gasteiger partial charge on any atom is -0.354 e. The molecule has 0 aliphatic carbocycles. The Labute approximate surface area is 169 Å². The molecule has 1 aliphatic rings. The van der Waals surface area contributed by atoms with Gasteiger partial charge in [0.25, 0.3) is 5.56 Å². The van der Waals surface area contributed by atoms with Crippen LogP contribution in [-0.2, 0) is 11.3 Å². The molecule has 1 amide bonds. The van der Waals surface area contributed by atoms with E-state index in [0.29, 0.717) is 17.8 Å². The summed E-state index contributed by atoms with van der Waals surface area (Å²) in [5.41, 5.74) is 1.69. The highest BCUT2D eigenvalue weighted by atomic mass is 16.2. The van der Waals surface area contributed by atoms with Crippen LogP contribution in [0.5, 0.6) is 0 Å². The summed E-state index contributed by atoms with van der Waals surface area (Å²) in [5.74, 6) is -0.203. The Morgan fingerprint density at radius 2 is 1.90 bits per heavy atom. The van der Waals surface area contributed by atoms with E-state index in [1.54, 1.807) is 6.07 Å². The number of fused-ring (bicyclic) bond motifs is 1. The zero-order valence-corrected chi connectivity index (χ0v) is 16.5. The van der Waals surface area contributed by atoms with Crippen molar-refractivity contribution < 1.29 is 4.79 Å². The van der Waals surface area contributed by atoms with Crippen molar-refractivity contribution in [2.75, 3.05) is 26.2 Å². The molecule has 152 valence electrons. The minimum atomic E-state index is -0.328. The number of nitrogens with zero attached hydrogens (tertiary/aromatic N) is 5. The molecule has 0 bridgehead atoms. The fraction of sp³-hybridized carbons (Fsp3) is 0.429. The lowest BCUT2D eigenvalue weighted by Gasteiger charge is -2.26. The van der Waals surface area contributed by atoms with Gasteiger partial charge < -0.3 is 10.2 Å². The first-order valence-electron chi connectivity index (χ1n) is 10.2. The Kier molecular flexibility index (Phi) is 6.00. The van der Waals surface area contributed by atoms with E-state index in [4.69, 9.17) is 0 Å². The second kappa shape index (κ2) is 9.00. The van der Waals surface area contributed by atoms with Crippen molar-refractivity contribution >= 4 is 11.4 Å². The summed E-state index contributed by atoms with van der Waals surface area (Å²) in [7, 11) is 0. The first-order chi connectivity index (χ1) is 14.2. The fourth-order valence-electron chi connectivity index (χ4n) is 3.71. The minimum absolute atomic E-state index is 0.0924. The lowest BCUT2D eigenvalue weighted by molar-refractivity contribution is -0.121. The Morgan fingerprint density at radius 3 is 2.69 bits per heavy atom. The van der Waals surface area contributed by atoms with Crippen LogP contribution in [-0.4, -0.2) is 56.4 Å². The zero-order chi connectivity index (χ0) is 20.1. The fourth-order valence-corrected chi connectivity index (χ4v) is 3.71. The lowest BCUT2D eigenvalue weighted by atomic mass is 10.1. The van der Waals surface area contributed by atoms with Crippen molar-refractivity contribution in [3.8, 4) is 11.3 Å². The van der Waals surface area contributed by atoms with Gasteiger partial charge in [-0.1, -0.05) is 36.8 Å². The van der Waals surface area contributed by atoms with Gasteiger partial charge in [0.15, 0.2) is 0 Å². The summed E-state index contributed by atoms with van der Waals surface area (Å²) < 4.78 is 2.64. The maximum Gasteiger partial charge on any atom is 0.293 e. The van der Waals surface area contributed by atoms with Crippen molar-refractivity contribution in [1.82, 2.24) is 29.6 Å².